The predicted octanol–water partition coefficient (Wildman–Crippen LogP) is 3.03. The molecule has 0 radical (unpaired) electrons. The number of carbonyl (C=O) groups excluding carboxylic acids is 1. The Morgan fingerprint density at radius 2 is 2.00 bits per heavy atom. The molecule has 3 heteroatoms. The second-order valence-corrected chi connectivity index (χ2v) is 4.44. The number of allylic oxidation sites excluding steroid dienone is 1. The van der Waals surface area contributed by atoms with Crippen molar-refractivity contribution in [3.05, 3.63) is 24.3 Å². The van der Waals surface area contributed by atoms with Crippen molar-refractivity contribution in [2.24, 2.45) is 0 Å². The molecular formula is C12H21NO2. The number of alkyl carbamates (subject to hydrolysis) is 1. The molecule has 1 N–H and O–H groups in total. The van der Waals surface area contributed by atoms with Gasteiger partial charge in [-0.05, 0) is 40.2 Å². The fourth-order valence-electron chi connectivity index (χ4n) is 0.935. The SMILES string of the molecule is C=C(C=CC)C(C)NC(=O)OC(C)(C)C. The zero-order chi connectivity index (χ0) is 12.1. The minimum absolute atomic E-state index is 0.115. The van der Waals surface area contributed by atoms with E-state index in [-0.39, 0.29) is 6.04 Å². The maximum atomic E-state index is 11.4. The fraction of sp³-hybridized carbons (Fsp3) is 0.583. The highest BCUT2D eigenvalue weighted by Gasteiger charge is 2.17. The molecule has 0 aromatic heterocycles. The maximum absolute atomic E-state index is 11.4. The molecule has 0 aromatic carbocycles. The molecule has 0 fully saturated rings. The highest BCUT2D eigenvalue weighted by atomic mass is 16.6. The Morgan fingerprint density at radius 3 is 2.40 bits per heavy atom. The van der Waals surface area contributed by atoms with E-state index in [1.807, 2.05) is 46.8 Å². The van der Waals surface area contributed by atoms with E-state index in [1.165, 1.54) is 0 Å². The van der Waals surface area contributed by atoms with Gasteiger partial charge in [0, 0.05) is 0 Å². The van der Waals surface area contributed by atoms with Crippen molar-refractivity contribution in [2.45, 2.75) is 46.3 Å². The van der Waals surface area contributed by atoms with Crippen molar-refractivity contribution in [1.82, 2.24) is 5.32 Å². The van der Waals surface area contributed by atoms with Crippen LogP contribution < -0.4 is 5.32 Å². The van der Waals surface area contributed by atoms with E-state index in [1.54, 1.807) is 0 Å². The predicted molar refractivity (Wildman–Crippen MR) is 62.8 cm³/mol. The van der Waals surface area contributed by atoms with Gasteiger partial charge < -0.3 is 10.1 Å². The van der Waals surface area contributed by atoms with E-state index in [0.717, 1.165) is 5.57 Å². The summed E-state index contributed by atoms with van der Waals surface area (Å²) in [5, 5.41) is 2.71. The van der Waals surface area contributed by atoms with E-state index >= 15 is 0 Å². The van der Waals surface area contributed by atoms with Gasteiger partial charge in [-0.25, -0.2) is 4.79 Å². The minimum atomic E-state index is -0.467. The van der Waals surface area contributed by atoms with E-state index < -0.39 is 11.7 Å². The zero-order valence-corrected chi connectivity index (χ0v) is 10.3. The van der Waals surface area contributed by atoms with Crippen molar-refractivity contribution in [2.75, 3.05) is 0 Å². The monoisotopic (exact) mass is 211 g/mol. The van der Waals surface area contributed by atoms with Gasteiger partial charge in [0.2, 0.25) is 0 Å². The molecule has 0 heterocycles. The number of rotatable bonds is 3. The second kappa shape index (κ2) is 5.59. The van der Waals surface area contributed by atoms with E-state index in [9.17, 15) is 4.79 Å². The number of amides is 1. The highest BCUT2D eigenvalue weighted by Crippen LogP contribution is 2.08. The largest absolute Gasteiger partial charge is 0.444 e. The number of carbonyl (C=O) groups is 1. The van der Waals surface area contributed by atoms with Crippen molar-refractivity contribution in [3.8, 4) is 0 Å². The van der Waals surface area contributed by atoms with Crippen LogP contribution in [0.5, 0.6) is 0 Å². The van der Waals surface area contributed by atoms with Gasteiger partial charge >= 0.3 is 6.09 Å². The zero-order valence-electron chi connectivity index (χ0n) is 10.3. The topological polar surface area (TPSA) is 38.3 Å². The Labute approximate surface area is 92.2 Å². The van der Waals surface area contributed by atoms with Gasteiger partial charge in [0.1, 0.15) is 5.60 Å². The van der Waals surface area contributed by atoms with Crippen molar-refractivity contribution >= 4 is 6.09 Å². The van der Waals surface area contributed by atoms with Gasteiger partial charge in [0.05, 0.1) is 6.04 Å². The Balaban J connectivity index is 4.13. The lowest BCUT2D eigenvalue weighted by atomic mass is 10.1. The molecule has 15 heavy (non-hydrogen) atoms. The molecule has 1 amide bonds. The standard InChI is InChI=1S/C12H21NO2/c1-7-8-9(2)10(3)13-11(14)15-12(4,5)6/h7-8,10H,2H2,1,3-6H3,(H,13,14). The van der Waals surface area contributed by atoms with Crippen LogP contribution in [-0.4, -0.2) is 17.7 Å². The van der Waals surface area contributed by atoms with E-state index in [2.05, 4.69) is 11.9 Å². The van der Waals surface area contributed by atoms with Gasteiger partial charge in [-0.3, -0.25) is 0 Å². The molecule has 0 aliphatic rings. The smallest absolute Gasteiger partial charge is 0.408 e. The number of nitrogens with one attached hydrogen (secondary N) is 1. The Hall–Kier alpha value is -1.25. The molecule has 0 bridgehead atoms. The molecule has 0 spiro atoms. The first-order valence-electron chi connectivity index (χ1n) is 5.07. The van der Waals surface area contributed by atoms with Crippen LogP contribution in [0.2, 0.25) is 0 Å². The summed E-state index contributed by atoms with van der Waals surface area (Å²) in [6, 6.07) is -0.115. The van der Waals surface area contributed by atoms with Crippen LogP contribution >= 0.6 is 0 Å². The van der Waals surface area contributed by atoms with Crippen LogP contribution in [0.15, 0.2) is 24.3 Å². The summed E-state index contributed by atoms with van der Waals surface area (Å²) >= 11 is 0. The summed E-state index contributed by atoms with van der Waals surface area (Å²) in [5.41, 5.74) is 0.384. The highest BCUT2D eigenvalue weighted by molar-refractivity contribution is 5.68. The van der Waals surface area contributed by atoms with Gasteiger partial charge in [0.15, 0.2) is 0 Å². The Bertz CT molecular complexity index is 261. The summed E-state index contributed by atoms with van der Waals surface area (Å²) < 4.78 is 5.12. The Kier molecular flexibility index (Phi) is 5.12. The van der Waals surface area contributed by atoms with Crippen molar-refractivity contribution in [1.29, 1.82) is 0 Å². The minimum Gasteiger partial charge on any atom is -0.444 e. The van der Waals surface area contributed by atoms with Gasteiger partial charge in [-0.15, -0.1) is 0 Å². The summed E-state index contributed by atoms with van der Waals surface area (Å²) in [7, 11) is 0. The molecule has 0 aliphatic carbocycles. The quantitative estimate of drug-likeness (QED) is 0.729. The van der Waals surface area contributed by atoms with Crippen molar-refractivity contribution in [3.63, 3.8) is 0 Å². The third kappa shape index (κ3) is 6.77. The molecule has 0 aromatic rings. The first-order valence-corrected chi connectivity index (χ1v) is 5.07. The summed E-state index contributed by atoms with van der Waals surface area (Å²) in [6.45, 7) is 13.1. The third-order valence-corrected chi connectivity index (χ3v) is 1.67. The van der Waals surface area contributed by atoms with Crippen LogP contribution in [0.1, 0.15) is 34.6 Å². The van der Waals surface area contributed by atoms with Gasteiger partial charge in [0.25, 0.3) is 0 Å². The van der Waals surface area contributed by atoms with E-state index in [0.29, 0.717) is 0 Å². The first kappa shape index (κ1) is 13.8. The van der Waals surface area contributed by atoms with Crippen LogP contribution in [0.3, 0.4) is 0 Å². The lowest BCUT2D eigenvalue weighted by molar-refractivity contribution is 0.0516. The van der Waals surface area contributed by atoms with Crippen LogP contribution in [0.4, 0.5) is 4.79 Å². The summed E-state index contributed by atoms with van der Waals surface area (Å²) in [5.74, 6) is 0. The average Bonchev–Trinajstić information content (AvgIpc) is 2.00. The maximum Gasteiger partial charge on any atom is 0.408 e. The summed E-state index contributed by atoms with van der Waals surface area (Å²) in [6.07, 6.45) is 3.33. The average molecular weight is 211 g/mol. The lowest BCUT2D eigenvalue weighted by Gasteiger charge is -2.22. The first-order chi connectivity index (χ1) is 6.76. The molecule has 0 saturated heterocycles. The normalized spacial score (nSPS) is 13.7. The van der Waals surface area contributed by atoms with Crippen LogP contribution in [-0.2, 0) is 4.74 Å². The lowest BCUT2D eigenvalue weighted by Crippen LogP contribution is -2.38. The number of hydrogen-bond acceptors (Lipinski definition) is 2. The van der Waals surface area contributed by atoms with E-state index in [4.69, 9.17) is 4.74 Å². The third-order valence-electron chi connectivity index (χ3n) is 1.67. The number of ether oxygens (including phenoxy) is 1. The molecule has 1 atom stereocenters. The molecule has 3 nitrogen and oxygen atoms in total. The van der Waals surface area contributed by atoms with Gasteiger partial charge in [-0.2, -0.15) is 0 Å². The van der Waals surface area contributed by atoms with Crippen molar-refractivity contribution < 1.29 is 9.53 Å². The fourth-order valence-corrected chi connectivity index (χ4v) is 0.935. The molecule has 1 unspecified atom stereocenters. The Morgan fingerprint density at radius 1 is 1.47 bits per heavy atom. The molecule has 0 rings (SSSR count). The molecule has 0 aliphatic heterocycles. The van der Waals surface area contributed by atoms with Gasteiger partial charge in [-0.1, -0.05) is 18.7 Å². The van der Waals surface area contributed by atoms with Crippen LogP contribution in [0.25, 0.3) is 0 Å². The molecule has 86 valence electrons. The summed E-state index contributed by atoms with van der Waals surface area (Å²) in [4.78, 5) is 11.4. The molecular weight excluding hydrogens is 190 g/mol. The second-order valence-electron chi connectivity index (χ2n) is 4.44. The van der Waals surface area contributed by atoms with Crippen LogP contribution in [0, 0.1) is 0 Å². The molecule has 0 saturated carbocycles. The number of hydrogen-bond donors (Lipinski definition) is 1.